The van der Waals surface area contributed by atoms with Gasteiger partial charge in [0.2, 0.25) is 5.91 Å². The molecule has 0 saturated heterocycles. The highest BCUT2D eigenvalue weighted by Gasteiger charge is 2.29. The maximum absolute atomic E-state index is 11.7. The lowest BCUT2D eigenvalue weighted by atomic mass is 10.1. The van der Waals surface area contributed by atoms with E-state index in [0.717, 1.165) is 30.5 Å². The van der Waals surface area contributed by atoms with Crippen molar-refractivity contribution in [2.45, 2.75) is 39.2 Å². The number of hydrogen-bond donors (Lipinski definition) is 3. The minimum absolute atomic E-state index is 0.0740. The molecule has 0 aromatic heterocycles. The van der Waals surface area contributed by atoms with Crippen molar-refractivity contribution < 1.29 is 9.59 Å². The third-order valence-electron chi connectivity index (χ3n) is 3.51. The van der Waals surface area contributed by atoms with Crippen LogP contribution < -0.4 is 16.0 Å². The molecule has 21 heavy (non-hydrogen) atoms. The normalized spacial score (nSPS) is 15.1. The number of nitrogens with one attached hydrogen (secondary N) is 3. The zero-order valence-electron chi connectivity index (χ0n) is 12.6. The highest BCUT2D eigenvalue weighted by molar-refractivity contribution is 5.94. The Hall–Kier alpha value is -2.04. The van der Waals surface area contributed by atoms with E-state index in [9.17, 15) is 9.59 Å². The van der Waals surface area contributed by atoms with Crippen molar-refractivity contribution in [3.05, 3.63) is 29.8 Å². The first-order valence-electron chi connectivity index (χ1n) is 7.55. The standard InChI is InChI=1S/C16H23N3O2/c1-3-10-17-16(21)18-11(2)12-6-8-14(9-7-12)19-15(20)13-4-5-13/h6-9,11,13H,3-5,10H2,1-2H3,(H,19,20)(H2,17,18,21)/t11-/m0/s1. The molecule has 1 fully saturated rings. The fourth-order valence-corrected chi connectivity index (χ4v) is 2.01. The number of anilines is 1. The van der Waals surface area contributed by atoms with E-state index in [4.69, 9.17) is 0 Å². The average molecular weight is 289 g/mol. The zero-order chi connectivity index (χ0) is 15.2. The molecule has 1 atom stereocenters. The summed E-state index contributed by atoms with van der Waals surface area (Å²) < 4.78 is 0. The van der Waals surface area contributed by atoms with Crippen LogP contribution in [-0.2, 0) is 4.79 Å². The minimum atomic E-state index is -0.157. The number of benzene rings is 1. The van der Waals surface area contributed by atoms with E-state index in [-0.39, 0.29) is 23.9 Å². The quantitative estimate of drug-likeness (QED) is 0.753. The summed E-state index contributed by atoms with van der Waals surface area (Å²) in [5.41, 5.74) is 1.81. The summed E-state index contributed by atoms with van der Waals surface area (Å²) in [5.74, 6) is 0.306. The van der Waals surface area contributed by atoms with E-state index in [2.05, 4.69) is 16.0 Å². The van der Waals surface area contributed by atoms with Crippen molar-refractivity contribution in [1.29, 1.82) is 0 Å². The second-order valence-electron chi connectivity index (χ2n) is 5.51. The monoisotopic (exact) mass is 289 g/mol. The molecule has 1 aliphatic rings. The lowest BCUT2D eigenvalue weighted by Crippen LogP contribution is -2.37. The molecule has 1 saturated carbocycles. The summed E-state index contributed by atoms with van der Waals surface area (Å²) in [6, 6.07) is 7.36. The fourth-order valence-electron chi connectivity index (χ4n) is 2.01. The molecule has 0 bridgehead atoms. The topological polar surface area (TPSA) is 70.2 Å². The molecule has 1 aromatic carbocycles. The molecule has 0 aliphatic heterocycles. The maximum atomic E-state index is 11.7. The van der Waals surface area contributed by atoms with Crippen molar-refractivity contribution in [2.75, 3.05) is 11.9 Å². The summed E-state index contributed by atoms with van der Waals surface area (Å²) in [5, 5.41) is 8.56. The first-order valence-corrected chi connectivity index (χ1v) is 7.55. The van der Waals surface area contributed by atoms with Gasteiger partial charge in [-0.25, -0.2) is 4.79 Å². The van der Waals surface area contributed by atoms with E-state index >= 15 is 0 Å². The van der Waals surface area contributed by atoms with Gasteiger partial charge in [-0.15, -0.1) is 0 Å². The molecule has 3 N–H and O–H groups in total. The van der Waals surface area contributed by atoms with Gasteiger partial charge in [-0.2, -0.15) is 0 Å². The van der Waals surface area contributed by atoms with E-state index in [1.165, 1.54) is 0 Å². The van der Waals surface area contributed by atoms with Crippen molar-refractivity contribution in [1.82, 2.24) is 10.6 Å². The molecule has 3 amide bonds. The number of hydrogen-bond acceptors (Lipinski definition) is 2. The average Bonchev–Trinajstić information content (AvgIpc) is 3.30. The SMILES string of the molecule is CCCNC(=O)N[C@@H](C)c1ccc(NC(=O)C2CC2)cc1. The Labute approximate surface area is 125 Å². The van der Waals surface area contributed by atoms with E-state index in [0.29, 0.717) is 6.54 Å². The highest BCUT2D eigenvalue weighted by Crippen LogP contribution is 2.30. The van der Waals surface area contributed by atoms with Gasteiger partial charge in [0.05, 0.1) is 6.04 Å². The van der Waals surface area contributed by atoms with Crippen LogP contribution in [-0.4, -0.2) is 18.5 Å². The Morgan fingerprint density at radius 1 is 1.24 bits per heavy atom. The second-order valence-corrected chi connectivity index (χ2v) is 5.51. The minimum Gasteiger partial charge on any atom is -0.338 e. The van der Waals surface area contributed by atoms with Gasteiger partial charge in [-0.05, 0) is 43.9 Å². The Bertz CT molecular complexity index is 495. The summed E-state index contributed by atoms with van der Waals surface area (Å²) in [7, 11) is 0. The largest absolute Gasteiger partial charge is 0.338 e. The van der Waals surface area contributed by atoms with Crippen LogP contribution in [0.25, 0.3) is 0 Å². The molecular weight excluding hydrogens is 266 g/mol. The Morgan fingerprint density at radius 3 is 2.48 bits per heavy atom. The lowest BCUT2D eigenvalue weighted by Gasteiger charge is -2.15. The Morgan fingerprint density at radius 2 is 1.90 bits per heavy atom. The third-order valence-corrected chi connectivity index (χ3v) is 3.51. The predicted octanol–water partition coefficient (Wildman–Crippen LogP) is 2.81. The second kappa shape index (κ2) is 7.11. The van der Waals surface area contributed by atoms with Gasteiger partial charge in [0.15, 0.2) is 0 Å². The van der Waals surface area contributed by atoms with E-state index < -0.39 is 0 Å². The third kappa shape index (κ3) is 4.77. The Balaban J connectivity index is 1.85. The fraction of sp³-hybridized carbons (Fsp3) is 0.500. The lowest BCUT2D eigenvalue weighted by molar-refractivity contribution is -0.117. The summed E-state index contributed by atoms with van der Waals surface area (Å²) in [6.07, 6.45) is 2.91. The molecule has 114 valence electrons. The first-order chi connectivity index (χ1) is 10.1. The van der Waals surface area contributed by atoms with Crippen LogP contribution in [0.5, 0.6) is 0 Å². The maximum Gasteiger partial charge on any atom is 0.315 e. The van der Waals surface area contributed by atoms with Gasteiger partial charge in [-0.1, -0.05) is 19.1 Å². The van der Waals surface area contributed by atoms with Crippen molar-refractivity contribution in [3.8, 4) is 0 Å². The number of carbonyl (C=O) groups is 2. The smallest absolute Gasteiger partial charge is 0.315 e. The molecule has 2 rings (SSSR count). The van der Waals surface area contributed by atoms with Crippen LogP contribution in [0.15, 0.2) is 24.3 Å². The summed E-state index contributed by atoms with van der Waals surface area (Å²) in [6.45, 7) is 4.62. The number of amides is 3. The molecule has 0 unspecified atom stereocenters. The van der Waals surface area contributed by atoms with Crippen LogP contribution in [0.1, 0.15) is 44.7 Å². The molecular formula is C16H23N3O2. The van der Waals surface area contributed by atoms with Gasteiger partial charge < -0.3 is 16.0 Å². The van der Waals surface area contributed by atoms with Crippen LogP contribution in [0.4, 0.5) is 10.5 Å². The van der Waals surface area contributed by atoms with Gasteiger partial charge in [0, 0.05) is 18.2 Å². The molecule has 1 aliphatic carbocycles. The van der Waals surface area contributed by atoms with E-state index in [1.54, 1.807) is 0 Å². The van der Waals surface area contributed by atoms with Crippen LogP contribution in [0.2, 0.25) is 0 Å². The summed E-state index contributed by atoms with van der Waals surface area (Å²) >= 11 is 0. The van der Waals surface area contributed by atoms with Crippen molar-refractivity contribution in [2.24, 2.45) is 5.92 Å². The molecule has 5 nitrogen and oxygen atoms in total. The number of carbonyl (C=O) groups excluding carboxylic acids is 2. The zero-order valence-corrected chi connectivity index (χ0v) is 12.6. The number of rotatable bonds is 6. The molecule has 1 aromatic rings. The molecule has 0 heterocycles. The van der Waals surface area contributed by atoms with E-state index in [1.807, 2.05) is 38.1 Å². The predicted molar refractivity (Wildman–Crippen MR) is 83.0 cm³/mol. The van der Waals surface area contributed by atoms with Gasteiger partial charge in [-0.3, -0.25) is 4.79 Å². The van der Waals surface area contributed by atoms with Crippen LogP contribution in [0, 0.1) is 5.92 Å². The number of urea groups is 1. The van der Waals surface area contributed by atoms with Gasteiger partial charge in [0.1, 0.15) is 0 Å². The summed E-state index contributed by atoms with van der Waals surface area (Å²) in [4.78, 5) is 23.3. The van der Waals surface area contributed by atoms with Crippen molar-refractivity contribution >= 4 is 17.6 Å². The van der Waals surface area contributed by atoms with Gasteiger partial charge in [0.25, 0.3) is 0 Å². The molecule has 5 heteroatoms. The van der Waals surface area contributed by atoms with Crippen LogP contribution >= 0.6 is 0 Å². The Kier molecular flexibility index (Phi) is 5.20. The molecule has 0 spiro atoms. The first kappa shape index (κ1) is 15.4. The highest BCUT2D eigenvalue weighted by atomic mass is 16.2. The van der Waals surface area contributed by atoms with Crippen molar-refractivity contribution in [3.63, 3.8) is 0 Å². The molecule has 0 radical (unpaired) electrons. The van der Waals surface area contributed by atoms with Gasteiger partial charge >= 0.3 is 6.03 Å². The van der Waals surface area contributed by atoms with Crippen LogP contribution in [0.3, 0.4) is 0 Å².